The molecule has 8 aromatic carbocycles. The van der Waals surface area contributed by atoms with Gasteiger partial charge >= 0.3 is 0 Å². The van der Waals surface area contributed by atoms with Gasteiger partial charge in [0.15, 0.2) is 0 Å². The van der Waals surface area contributed by atoms with E-state index in [2.05, 4.69) is 196 Å². The fraction of sp³-hybridized carbons (Fsp3) is 0.120. The summed E-state index contributed by atoms with van der Waals surface area (Å²) in [5.41, 5.74) is 16.7. The zero-order valence-corrected chi connectivity index (χ0v) is 29.5. The molecule has 0 saturated carbocycles. The number of rotatable bonds is 4. The molecule has 0 N–H and O–H groups in total. The number of anilines is 3. The molecule has 0 unspecified atom stereocenters. The maximum atomic E-state index is 2.44. The van der Waals surface area contributed by atoms with Gasteiger partial charge in [0, 0.05) is 27.9 Å². The Morgan fingerprint density at radius 3 is 1.76 bits per heavy atom. The predicted octanol–water partition coefficient (Wildman–Crippen LogP) is 13.7. The molecule has 0 atom stereocenters. The summed E-state index contributed by atoms with van der Waals surface area (Å²) >= 11 is 0. The van der Waals surface area contributed by atoms with E-state index < -0.39 is 0 Å². The summed E-state index contributed by atoms with van der Waals surface area (Å²) in [5, 5.41) is 5.15. The normalized spacial score (nSPS) is 14.6. The van der Waals surface area contributed by atoms with Gasteiger partial charge in [-0.3, -0.25) is 0 Å². The standard InChI is InChI=1S/C50H39N/c1-49(2)44-17-11-10-16-42(44)48-40-25-23-38(28-36(40)20-27-45(48)49)51(37-21-18-33(19-22-37)32-12-6-5-7-13-32)39-24-26-41-43-29-34-14-8-9-15-35(34)30-46(43)50(3,4)47(41)31-39/h5-31H,1-4H3. The van der Waals surface area contributed by atoms with Gasteiger partial charge in [-0.1, -0.05) is 143 Å². The average molecular weight is 654 g/mol. The number of nitrogens with zero attached hydrogens (tertiary/aromatic N) is 1. The number of hydrogen-bond acceptors (Lipinski definition) is 1. The Bertz CT molecular complexity index is 2680. The van der Waals surface area contributed by atoms with Gasteiger partial charge in [-0.05, 0) is 126 Å². The first-order valence-electron chi connectivity index (χ1n) is 18.1. The van der Waals surface area contributed by atoms with Gasteiger partial charge in [0.2, 0.25) is 0 Å². The van der Waals surface area contributed by atoms with Gasteiger partial charge in [-0.15, -0.1) is 0 Å². The fourth-order valence-electron chi connectivity index (χ4n) is 9.09. The average Bonchev–Trinajstić information content (AvgIpc) is 3.53. The van der Waals surface area contributed by atoms with E-state index in [-0.39, 0.29) is 10.8 Å². The van der Waals surface area contributed by atoms with E-state index in [4.69, 9.17) is 0 Å². The van der Waals surface area contributed by atoms with Gasteiger partial charge in [0.1, 0.15) is 0 Å². The van der Waals surface area contributed by atoms with E-state index in [1.54, 1.807) is 0 Å². The van der Waals surface area contributed by atoms with Crippen molar-refractivity contribution in [2.75, 3.05) is 4.90 Å². The Labute approximate surface area is 300 Å². The van der Waals surface area contributed by atoms with Gasteiger partial charge < -0.3 is 4.90 Å². The van der Waals surface area contributed by atoms with Crippen molar-refractivity contribution in [1.82, 2.24) is 0 Å². The van der Waals surface area contributed by atoms with E-state index in [1.165, 1.54) is 82.9 Å². The van der Waals surface area contributed by atoms with Crippen LogP contribution in [0.5, 0.6) is 0 Å². The highest BCUT2D eigenvalue weighted by Crippen LogP contribution is 2.53. The van der Waals surface area contributed by atoms with Crippen molar-refractivity contribution in [3.63, 3.8) is 0 Å². The molecule has 0 bridgehead atoms. The van der Waals surface area contributed by atoms with Crippen molar-refractivity contribution in [3.05, 3.63) is 186 Å². The van der Waals surface area contributed by atoms with Crippen molar-refractivity contribution in [1.29, 1.82) is 0 Å². The van der Waals surface area contributed by atoms with E-state index in [0.29, 0.717) is 0 Å². The Balaban J connectivity index is 1.14. The first-order chi connectivity index (χ1) is 24.8. The lowest BCUT2D eigenvalue weighted by molar-refractivity contribution is 0.661. The van der Waals surface area contributed by atoms with Crippen molar-refractivity contribution in [2.24, 2.45) is 0 Å². The SMILES string of the molecule is CC1(C)c2cc(N(c3ccc(-c4ccccc4)cc3)c3ccc4c5c(ccc4c3)C(C)(C)c3ccccc3-5)ccc2-c2cc3ccccc3cc21. The molecule has 0 spiro atoms. The fourth-order valence-corrected chi connectivity index (χ4v) is 9.09. The smallest absolute Gasteiger partial charge is 0.0468 e. The molecule has 0 aliphatic heterocycles. The summed E-state index contributed by atoms with van der Waals surface area (Å²) < 4.78 is 0. The van der Waals surface area contributed by atoms with Crippen LogP contribution in [0.2, 0.25) is 0 Å². The molecule has 244 valence electrons. The van der Waals surface area contributed by atoms with Crippen molar-refractivity contribution >= 4 is 38.6 Å². The quantitative estimate of drug-likeness (QED) is 0.183. The molecule has 1 heteroatoms. The predicted molar refractivity (Wildman–Crippen MR) is 217 cm³/mol. The molecule has 10 rings (SSSR count). The lowest BCUT2D eigenvalue weighted by Crippen LogP contribution is -2.16. The first-order valence-corrected chi connectivity index (χ1v) is 18.1. The van der Waals surface area contributed by atoms with Gasteiger partial charge in [-0.2, -0.15) is 0 Å². The molecule has 0 radical (unpaired) electrons. The number of fused-ring (bicyclic) bond motifs is 9. The maximum Gasteiger partial charge on any atom is 0.0468 e. The molecule has 8 aromatic rings. The molecule has 0 heterocycles. The van der Waals surface area contributed by atoms with Crippen LogP contribution < -0.4 is 4.90 Å². The second-order valence-electron chi connectivity index (χ2n) is 15.4. The van der Waals surface area contributed by atoms with Crippen LogP contribution in [0.4, 0.5) is 17.1 Å². The molecule has 1 nitrogen and oxygen atoms in total. The molecule has 0 aromatic heterocycles. The zero-order valence-electron chi connectivity index (χ0n) is 29.5. The van der Waals surface area contributed by atoms with Crippen LogP contribution in [0.25, 0.3) is 54.9 Å². The topological polar surface area (TPSA) is 3.24 Å². The second kappa shape index (κ2) is 10.8. The largest absolute Gasteiger partial charge is 0.310 e. The number of benzene rings is 8. The molecule has 2 aliphatic carbocycles. The summed E-state index contributed by atoms with van der Waals surface area (Å²) in [6.45, 7) is 9.47. The van der Waals surface area contributed by atoms with Crippen molar-refractivity contribution in [3.8, 4) is 33.4 Å². The molecular formula is C50H39N. The minimum Gasteiger partial charge on any atom is -0.310 e. The highest BCUT2D eigenvalue weighted by atomic mass is 15.1. The second-order valence-corrected chi connectivity index (χ2v) is 15.4. The Kier molecular flexibility index (Phi) is 6.34. The monoisotopic (exact) mass is 653 g/mol. The van der Waals surface area contributed by atoms with Gasteiger partial charge in [0.05, 0.1) is 0 Å². The molecule has 51 heavy (non-hydrogen) atoms. The Morgan fingerprint density at radius 2 is 0.961 bits per heavy atom. The summed E-state index contributed by atoms with van der Waals surface area (Å²) in [7, 11) is 0. The minimum absolute atomic E-state index is 0.0219. The van der Waals surface area contributed by atoms with Crippen LogP contribution in [-0.2, 0) is 10.8 Å². The van der Waals surface area contributed by atoms with Crippen LogP contribution >= 0.6 is 0 Å². The molecule has 0 saturated heterocycles. The third-order valence-electron chi connectivity index (χ3n) is 11.8. The van der Waals surface area contributed by atoms with Crippen molar-refractivity contribution < 1.29 is 0 Å². The number of hydrogen-bond donors (Lipinski definition) is 0. The maximum absolute atomic E-state index is 2.44. The zero-order chi connectivity index (χ0) is 34.5. The van der Waals surface area contributed by atoms with Gasteiger partial charge in [0.25, 0.3) is 0 Å². The van der Waals surface area contributed by atoms with Crippen LogP contribution in [0.1, 0.15) is 49.9 Å². The Hall–Kier alpha value is -5.92. The van der Waals surface area contributed by atoms with Crippen LogP contribution in [0.15, 0.2) is 164 Å². The van der Waals surface area contributed by atoms with Crippen molar-refractivity contribution in [2.45, 2.75) is 38.5 Å². The highest BCUT2D eigenvalue weighted by Gasteiger charge is 2.37. The third kappa shape index (κ3) is 4.41. The van der Waals surface area contributed by atoms with E-state index in [0.717, 1.165) is 11.4 Å². The molecule has 0 amide bonds. The molecule has 2 aliphatic rings. The van der Waals surface area contributed by atoms with E-state index >= 15 is 0 Å². The minimum atomic E-state index is -0.127. The van der Waals surface area contributed by atoms with E-state index in [9.17, 15) is 0 Å². The summed E-state index contributed by atoms with van der Waals surface area (Å²) in [5.74, 6) is 0. The third-order valence-corrected chi connectivity index (χ3v) is 11.8. The van der Waals surface area contributed by atoms with Crippen LogP contribution in [-0.4, -0.2) is 0 Å². The summed E-state index contributed by atoms with van der Waals surface area (Å²) in [6.07, 6.45) is 0. The molecule has 0 fully saturated rings. The highest BCUT2D eigenvalue weighted by molar-refractivity contribution is 6.04. The Morgan fingerprint density at radius 1 is 0.353 bits per heavy atom. The lowest BCUT2D eigenvalue weighted by Gasteiger charge is -2.29. The van der Waals surface area contributed by atoms with E-state index in [1.807, 2.05) is 0 Å². The summed E-state index contributed by atoms with van der Waals surface area (Å²) in [6, 6.07) is 61.0. The van der Waals surface area contributed by atoms with Gasteiger partial charge in [-0.25, -0.2) is 0 Å². The molecular weight excluding hydrogens is 615 g/mol. The summed E-state index contributed by atoms with van der Waals surface area (Å²) in [4.78, 5) is 2.44. The van der Waals surface area contributed by atoms with Crippen LogP contribution in [0.3, 0.4) is 0 Å². The van der Waals surface area contributed by atoms with Crippen LogP contribution in [0, 0.1) is 0 Å². The first kappa shape index (κ1) is 29.9. The lowest BCUT2D eigenvalue weighted by atomic mass is 9.81.